The number of hydrogen-bond donors (Lipinski definition) is 0. The zero-order chi connectivity index (χ0) is 17.6. The summed E-state index contributed by atoms with van der Waals surface area (Å²) in [6.45, 7) is 4.72. The Labute approximate surface area is 149 Å². The molecule has 0 spiro atoms. The molecule has 0 saturated carbocycles. The molecule has 3 aromatic rings. The summed E-state index contributed by atoms with van der Waals surface area (Å²) in [6.07, 6.45) is 0. The summed E-state index contributed by atoms with van der Waals surface area (Å²) >= 11 is 1.32. The normalized spacial score (nSPS) is 10.8. The molecule has 0 unspecified atom stereocenters. The lowest BCUT2D eigenvalue weighted by molar-refractivity contribution is -0.139. The Morgan fingerprint density at radius 3 is 2.60 bits per heavy atom. The Morgan fingerprint density at radius 1 is 1.08 bits per heavy atom. The highest BCUT2D eigenvalue weighted by Gasteiger charge is 2.11. The van der Waals surface area contributed by atoms with E-state index >= 15 is 0 Å². The second-order valence-corrected chi connectivity index (χ2v) is 6.01. The van der Waals surface area contributed by atoms with Crippen molar-refractivity contribution in [2.45, 2.75) is 18.9 Å². The van der Waals surface area contributed by atoms with E-state index in [4.69, 9.17) is 9.47 Å². The molecule has 0 atom stereocenters. The van der Waals surface area contributed by atoms with Crippen molar-refractivity contribution in [2.24, 2.45) is 0 Å². The van der Waals surface area contributed by atoms with Crippen molar-refractivity contribution in [2.75, 3.05) is 19.0 Å². The van der Waals surface area contributed by atoms with Crippen LogP contribution < -0.4 is 4.74 Å². The van der Waals surface area contributed by atoms with Gasteiger partial charge in [-0.2, -0.15) is 9.61 Å². The fourth-order valence-electron chi connectivity index (χ4n) is 2.23. The summed E-state index contributed by atoms with van der Waals surface area (Å²) in [4.78, 5) is 11.5. The Balaban J connectivity index is 1.84. The van der Waals surface area contributed by atoms with Gasteiger partial charge in [-0.15, -0.1) is 10.2 Å². The molecule has 0 N–H and O–H groups in total. The topological polar surface area (TPSA) is 78.6 Å². The number of ether oxygens (including phenoxy) is 2. The fourth-order valence-corrected chi connectivity index (χ4v) is 2.88. The zero-order valence-electron chi connectivity index (χ0n) is 14.0. The molecular weight excluding hydrogens is 340 g/mol. The van der Waals surface area contributed by atoms with Crippen LogP contribution in [0.2, 0.25) is 0 Å². The van der Waals surface area contributed by atoms with Gasteiger partial charge in [-0.3, -0.25) is 4.79 Å². The maximum Gasteiger partial charge on any atom is 0.316 e. The number of benzene rings is 1. The summed E-state index contributed by atoms with van der Waals surface area (Å²) in [5.41, 5.74) is 1.53. The number of carbonyl (C=O) groups excluding carboxylic acids is 1. The smallest absolute Gasteiger partial charge is 0.316 e. The van der Waals surface area contributed by atoms with Gasteiger partial charge in [-0.05, 0) is 50.2 Å². The summed E-state index contributed by atoms with van der Waals surface area (Å²) in [7, 11) is 0. The SMILES string of the molecule is CCOC(=O)CSc1ccc2nnc(-c3ccc(OCC)cc3)n2n1. The summed E-state index contributed by atoms with van der Waals surface area (Å²) in [5, 5.41) is 13.6. The van der Waals surface area contributed by atoms with E-state index in [1.807, 2.05) is 43.3 Å². The van der Waals surface area contributed by atoms with E-state index in [-0.39, 0.29) is 11.7 Å². The van der Waals surface area contributed by atoms with Gasteiger partial charge in [0.1, 0.15) is 10.8 Å². The van der Waals surface area contributed by atoms with Crippen molar-refractivity contribution >= 4 is 23.4 Å². The van der Waals surface area contributed by atoms with Crippen molar-refractivity contribution in [1.29, 1.82) is 0 Å². The molecule has 2 heterocycles. The first kappa shape index (κ1) is 17.2. The molecule has 0 aliphatic rings. The van der Waals surface area contributed by atoms with Crippen molar-refractivity contribution in [3.05, 3.63) is 36.4 Å². The third kappa shape index (κ3) is 4.08. The molecule has 0 amide bonds. The lowest BCUT2D eigenvalue weighted by atomic mass is 10.2. The second-order valence-electron chi connectivity index (χ2n) is 5.02. The van der Waals surface area contributed by atoms with Gasteiger partial charge in [0.25, 0.3) is 0 Å². The van der Waals surface area contributed by atoms with Crippen LogP contribution in [0.3, 0.4) is 0 Å². The molecule has 0 bridgehead atoms. The third-order valence-corrected chi connectivity index (χ3v) is 4.20. The number of esters is 1. The average Bonchev–Trinajstić information content (AvgIpc) is 3.04. The third-order valence-electron chi connectivity index (χ3n) is 3.31. The first-order chi connectivity index (χ1) is 12.2. The minimum absolute atomic E-state index is 0.215. The summed E-state index contributed by atoms with van der Waals surface area (Å²) in [5.74, 6) is 1.40. The monoisotopic (exact) mass is 358 g/mol. The highest BCUT2D eigenvalue weighted by Crippen LogP contribution is 2.23. The highest BCUT2D eigenvalue weighted by molar-refractivity contribution is 7.99. The molecule has 8 heteroatoms. The maximum absolute atomic E-state index is 11.5. The van der Waals surface area contributed by atoms with E-state index in [0.29, 0.717) is 29.7 Å². The quantitative estimate of drug-likeness (QED) is 0.475. The van der Waals surface area contributed by atoms with E-state index in [1.165, 1.54) is 11.8 Å². The molecule has 0 aliphatic carbocycles. The highest BCUT2D eigenvalue weighted by atomic mass is 32.2. The van der Waals surface area contributed by atoms with Gasteiger partial charge < -0.3 is 9.47 Å². The van der Waals surface area contributed by atoms with Crippen molar-refractivity contribution in [3.8, 4) is 17.1 Å². The average molecular weight is 358 g/mol. The number of rotatable bonds is 7. The van der Waals surface area contributed by atoms with Crippen molar-refractivity contribution in [1.82, 2.24) is 19.8 Å². The molecule has 1 aromatic carbocycles. The molecular formula is C17H18N4O3S. The van der Waals surface area contributed by atoms with Gasteiger partial charge in [0.2, 0.25) is 0 Å². The molecule has 25 heavy (non-hydrogen) atoms. The number of thioether (sulfide) groups is 1. The number of fused-ring (bicyclic) bond motifs is 1. The van der Waals surface area contributed by atoms with Crippen LogP contribution in [0.25, 0.3) is 17.0 Å². The molecule has 2 aromatic heterocycles. The standard InChI is InChI=1S/C17H18N4O3S/c1-3-23-13-7-5-12(6-8-13)17-19-18-14-9-10-15(20-21(14)17)25-11-16(22)24-4-2/h5-10H,3-4,11H2,1-2H3. The van der Waals surface area contributed by atoms with Crippen LogP contribution in [0, 0.1) is 0 Å². The Kier molecular flexibility index (Phi) is 5.49. The van der Waals surface area contributed by atoms with Gasteiger partial charge >= 0.3 is 5.97 Å². The van der Waals surface area contributed by atoms with E-state index in [9.17, 15) is 4.79 Å². The first-order valence-corrected chi connectivity index (χ1v) is 8.94. The van der Waals surface area contributed by atoms with Crippen molar-refractivity contribution < 1.29 is 14.3 Å². The Bertz CT molecular complexity index is 864. The van der Waals surface area contributed by atoms with Crippen LogP contribution >= 0.6 is 11.8 Å². The van der Waals surface area contributed by atoms with Crippen LogP contribution in [0.15, 0.2) is 41.4 Å². The van der Waals surface area contributed by atoms with Crippen LogP contribution in [0.4, 0.5) is 0 Å². The van der Waals surface area contributed by atoms with Crippen LogP contribution in [-0.2, 0) is 9.53 Å². The van der Waals surface area contributed by atoms with Crippen LogP contribution in [-0.4, -0.2) is 44.7 Å². The molecule has 0 fully saturated rings. The lowest BCUT2D eigenvalue weighted by Gasteiger charge is -2.05. The van der Waals surface area contributed by atoms with Gasteiger partial charge in [-0.25, -0.2) is 0 Å². The Hall–Kier alpha value is -2.61. The second kappa shape index (κ2) is 7.98. The number of carbonyl (C=O) groups is 1. The predicted octanol–water partition coefficient (Wildman–Crippen LogP) is 2.85. The minimum atomic E-state index is -0.259. The van der Waals surface area contributed by atoms with Crippen molar-refractivity contribution in [3.63, 3.8) is 0 Å². The first-order valence-electron chi connectivity index (χ1n) is 7.95. The number of aromatic nitrogens is 4. The molecule has 0 aliphatic heterocycles. The van der Waals surface area contributed by atoms with E-state index in [2.05, 4.69) is 15.3 Å². The van der Waals surface area contributed by atoms with Gasteiger partial charge in [0.15, 0.2) is 11.5 Å². The predicted molar refractivity (Wildman–Crippen MR) is 94.7 cm³/mol. The van der Waals surface area contributed by atoms with Crippen LogP contribution in [0.5, 0.6) is 5.75 Å². The Morgan fingerprint density at radius 2 is 1.88 bits per heavy atom. The zero-order valence-corrected chi connectivity index (χ0v) is 14.8. The fraction of sp³-hybridized carbons (Fsp3) is 0.294. The summed E-state index contributed by atoms with van der Waals surface area (Å²) in [6, 6.07) is 11.3. The minimum Gasteiger partial charge on any atom is -0.494 e. The number of nitrogens with zero attached hydrogens (tertiary/aromatic N) is 4. The molecule has 3 rings (SSSR count). The number of hydrogen-bond acceptors (Lipinski definition) is 7. The van der Waals surface area contributed by atoms with Gasteiger partial charge in [0.05, 0.1) is 19.0 Å². The molecule has 130 valence electrons. The lowest BCUT2D eigenvalue weighted by Crippen LogP contribution is -2.07. The maximum atomic E-state index is 11.5. The van der Waals surface area contributed by atoms with Crippen LogP contribution in [0.1, 0.15) is 13.8 Å². The molecule has 0 saturated heterocycles. The largest absolute Gasteiger partial charge is 0.494 e. The van der Waals surface area contributed by atoms with E-state index < -0.39 is 0 Å². The van der Waals surface area contributed by atoms with Gasteiger partial charge in [0, 0.05) is 5.56 Å². The van der Waals surface area contributed by atoms with E-state index in [1.54, 1.807) is 11.4 Å². The summed E-state index contributed by atoms with van der Waals surface area (Å²) < 4.78 is 12.1. The molecule has 0 radical (unpaired) electrons. The molecule has 7 nitrogen and oxygen atoms in total. The van der Waals surface area contributed by atoms with Gasteiger partial charge in [-0.1, -0.05) is 11.8 Å². The van der Waals surface area contributed by atoms with E-state index in [0.717, 1.165) is 11.3 Å².